The topological polar surface area (TPSA) is 81.4 Å². The first-order chi connectivity index (χ1) is 6.65. The third kappa shape index (κ3) is 2.70. The van der Waals surface area contributed by atoms with Gasteiger partial charge < -0.3 is 15.8 Å². The van der Waals surface area contributed by atoms with Crippen LogP contribution in [0.4, 0.5) is 0 Å². The van der Waals surface area contributed by atoms with Crippen molar-refractivity contribution >= 4 is 11.9 Å². The zero-order chi connectivity index (χ0) is 10.6. The number of nitrogens with one attached hydrogen (secondary N) is 1. The van der Waals surface area contributed by atoms with Gasteiger partial charge in [0.05, 0.1) is 7.11 Å². The Morgan fingerprint density at radius 2 is 2.50 bits per heavy atom. The Hall–Kier alpha value is -1.10. The molecule has 0 saturated carbocycles. The number of rotatable bonds is 4. The normalized spacial score (nSPS) is 23.0. The summed E-state index contributed by atoms with van der Waals surface area (Å²) in [6.45, 7) is 0.733. The van der Waals surface area contributed by atoms with Gasteiger partial charge in [-0.3, -0.25) is 9.59 Å². The summed E-state index contributed by atoms with van der Waals surface area (Å²) in [7, 11) is 1.31. The minimum absolute atomic E-state index is 0.0192. The number of amides is 1. The monoisotopic (exact) mass is 200 g/mol. The molecule has 1 rings (SSSR count). The van der Waals surface area contributed by atoms with Crippen molar-refractivity contribution < 1.29 is 14.3 Å². The van der Waals surface area contributed by atoms with E-state index in [4.69, 9.17) is 5.73 Å². The molecule has 1 saturated heterocycles. The van der Waals surface area contributed by atoms with Gasteiger partial charge in [-0.2, -0.15) is 0 Å². The third-order valence-corrected chi connectivity index (χ3v) is 2.49. The Bertz CT molecular complexity index is 230. The fraction of sp³-hybridized carbons (Fsp3) is 0.778. The lowest BCUT2D eigenvalue weighted by atomic mass is 9.99. The second-order valence-corrected chi connectivity index (χ2v) is 3.48. The van der Waals surface area contributed by atoms with E-state index in [1.54, 1.807) is 0 Å². The molecule has 0 radical (unpaired) electrons. The minimum atomic E-state index is -0.603. The molecule has 0 bridgehead atoms. The Balaban J connectivity index is 2.26. The van der Waals surface area contributed by atoms with Crippen LogP contribution in [0.1, 0.15) is 19.3 Å². The quantitative estimate of drug-likeness (QED) is 0.594. The van der Waals surface area contributed by atoms with Crippen LogP contribution >= 0.6 is 0 Å². The summed E-state index contributed by atoms with van der Waals surface area (Å²) in [5.41, 5.74) is 5.55. The first-order valence-electron chi connectivity index (χ1n) is 4.76. The molecular formula is C9H16N2O3. The largest absolute Gasteiger partial charge is 0.468 e. The Kier molecular flexibility index (Phi) is 3.88. The molecule has 1 unspecified atom stereocenters. The lowest BCUT2D eigenvalue weighted by molar-refractivity contribution is -0.142. The number of ether oxygens (including phenoxy) is 1. The highest BCUT2D eigenvalue weighted by molar-refractivity contribution is 5.80. The zero-order valence-electron chi connectivity index (χ0n) is 8.29. The molecule has 3 N–H and O–H groups in total. The average Bonchev–Trinajstić information content (AvgIpc) is 2.59. The SMILES string of the molecule is COC(=O)C(N)CC[C@@H]1CCNC1=O. The Labute approximate surface area is 83.0 Å². The lowest BCUT2D eigenvalue weighted by Crippen LogP contribution is -2.32. The van der Waals surface area contributed by atoms with E-state index in [1.807, 2.05) is 0 Å². The minimum Gasteiger partial charge on any atom is -0.468 e. The van der Waals surface area contributed by atoms with E-state index in [0.29, 0.717) is 12.8 Å². The van der Waals surface area contributed by atoms with Crippen molar-refractivity contribution in [2.75, 3.05) is 13.7 Å². The molecule has 1 amide bonds. The van der Waals surface area contributed by atoms with Crippen LogP contribution in [0, 0.1) is 5.92 Å². The molecule has 5 heteroatoms. The van der Waals surface area contributed by atoms with Gasteiger partial charge in [0, 0.05) is 12.5 Å². The van der Waals surface area contributed by atoms with Gasteiger partial charge in [0.15, 0.2) is 0 Å². The molecule has 0 spiro atoms. The van der Waals surface area contributed by atoms with Crippen LogP contribution in [0.5, 0.6) is 0 Å². The molecule has 1 fully saturated rings. The molecule has 80 valence electrons. The van der Waals surface area contributed by atoms with Crippen LogP contribution in [0.2, 0.25) is 0 Å². The second-order valence-electron chi connectivity index (χ2n) is 3.48. The van der Waals surface area contributed by atoms with E-state index in [-0.39, 0.29) is 11.8 Å². The van der Waals surface area contributed by atoms with E-state index in [9.17, 15) is 9.59 Å². The standard InChI is InChI=1S/C9H16N2O3/c1-14-9(13)7(10)3-2-6-4-5-11-8(6)12/h6-7H,2-5,10H2,1H3,(H,11,12)/t6-,7?/m1/s1. The van der Waals surface area contributed by atoms with Crippen LogP contribution < -0.4 is 11.1 Å². The maximum atomic E-state index is 11.2. The molecule has 14 heavy (non-hydrogen) atoms. The Morgan fingerprint density at radius 3 is 3.00 bits per heavy atom. The predicted molar refractivity (Wildman–Crippen MR) is 50.3 cm³/mol. The van der Waals surface area contributed by atoms with Crippen LogP contribution in [-0.2, 0) is 14.3 Å². The van der Waals surface area contributed by atoms with Gasteiger partial charge in [0.1, 0.15) is 6.04 Å². The van der Waals surface area contributed by atoms with Gasteiger partial charge >= 0.3 is 5.97 Å². The van der Waals surface area contributed by atoms with Crippen LogP contribution in [0.15, 0.2) is 0 Å². The Morgan fingerprint density at radius 1 is 1.79 bits per heavy atom. The summed E-state index contributed by atoms with van der Waals surface area (Å²) >= 11 is 0. The number of carbonyl (C=O) groups excluding carboxylic acids is 2. The summed E-state index contributed by atoms with van der Waals surface area (Å²) in [5, 5.41) is 2.74. The molecule has 0 aromatic heterocycles. The maximum absolute atomic E-state index is 11.2. The van der Waals surface area contributed by atoms with Gasteiger partial charge in [0.25, 0.3) is 0 Å². The third-order valence-electron chi connectivity index (χ3n) is 2.49. The van der Waals surface area contributed by atoms with E-state index in [1.165, 1.54) is 7.11 Å². The van der Waals surface area contributed by atoms with Gasteiger partial charge in [-0.1, -0.05) is 0 Å². The number of esters is 1. The van der Waals surface area contributed by atoms with E-state index < -0.39 is 12.0 Å². The van der Waals surface area contributed by atoms with Crippen molar-refractivity contribution in [3.8, 4) is 0 Å². The summed E-state index contributed by atoms with van der Waals surface area (Å²) in [4.78, 5) is 22.1. The molecular weight excluding hydrogens is 184 g/mol. The first kappa shape index (κ1) is 11.0. The van der Waals surface area contributed by atoms with Crippen molar-refractivity contribution in [1.29, 1.82) is 0 Å². The predicted octanol–water partition coefficient (Wildman–Crippen LogP) is -0.597. The highest BCUT2D eigenvalue weighted by Crippen LogP contribution is 2.16. The number of hydrogen-bond acceptors (Lipinski definition) is 4. The van der Waals surface area contributed by atoms with Crippen LogP contribution in [-0.4, -0.2) is 31.6 Å². The van der Waals surface area contributed by atoms with Gasteiger partial charge in [-0.25, -0.2) is 0 Å². The van der Waals surface area contributed by atoms with Crippen LogP contribution in [0.25, 0.3) is 0 Å². The molecule has 1 heterocycles. The first-order valence-corrected chi connectivity index (χ1v) is 4.76. The summed E-state index contributed by atoms with van der Waals surface area (Å²) in [6.07, 6.45) is 2.00. The molecule has 1 aliphatic rings. The molecule has 2 atom stereocenters. The van der Waals surface area contributed by atoms with E-state index in [0.717, 1.165) is 13.0 Å². The van der Waals surface area contributed by atoms with Gasteiger partial charge in [-0.05, 0) is 19.3 Å². The highest BCUT2D eigenvalue weighted by atomic mass is 16.5. The smallest absolute Gasteiger partial charge is 0.322 e. The summed E-state index contributed by atoms with van der Waals surface area (Å²) < 4.78 is 4.49. The lowest BCUT2D eigenvalue weighted by Gasteiger charge is -2.11. The molecule has 5 nitrogen and oxygen atoms in total. The van der Waals surface area contributed by atoms with Crippen molar-refractivity contribution in [1.82, 2.24) is 5.32 Å². The highest BCUT2D eigenvalue weighted by Gasteiger charge is 2.25. The average molecular weight is 200 g/mol. The number of methoxy groups -OCH3 is 1. The van der Waals surface area contributed by atoms with E-state index in [2.05, 4.69) is 10.1 Å². The van der Waals surface area contributed by atoms with Crippen molar-refractivity contribution in [2.45, 2.75) is 25.3 Å². The number of hydrogen-bond donors (Lipinski definition) is 2. The van der Waals surface area contributed by atoms with Crippen molar-refractivity contribution in [2.24, 2.45) is 11.7 Å². The summed E-state index contributed by atoms with van der Waals surface area (Å²) in [5.74, 6) is -0.323. The number of carbonyl (C=O) groups is 2. The number of nitrogens with two attached hydrogens (primary N) is 1. The van der Waals surface area contributed by atoms with Crippen LogP contribution in [0.3, 0.4) is 0 Å². The fourth-order valence-corrected chi connectivity index (χ4v) is 1.57. The zero-order valence-corrected chi connectivity index (χ0v) is 8.29. The molecule has 0 aromatic rings. The van der Waals surface area contributed by atoms with Gasteiger partial charge in [0.2, 0.25) is 5.91 Å². The summed E-state index contributed by atoms with van der Waals surface area (Å²) in [6, 6.07) is -0.603. The molecule has 1 aliphatic heterocycles. The van der Waals surface area contributed by atoms with Gasteiger partial charge in [-0.15, -0.1) is 0 Å². The molecule has 0 aliphatic carbocycles. The molecule has 0 aromatic carbocycles. The second kappa shape index (κ2) is 4.95. The maximum Gasteiger partial charge on any atom is 0.322 e. The van der Waals surface area contributed by atoms with Crippen molar-refractivity contribution in [3.63, 3.8) is 0 Å². The van der Waals surface area contributed by atoms with Crippen molar-refractivity contribution in [3.05, 3.63) is 0 Å². The van der Waals surface area contributed by atoms with E-state index >= 15 is 0 Å². The fourth-order valence-electron chi connectivity index (χ4n) is 1.57.